The van der Waals surface area contributed by atoms with Gasteiger partial charge in [0, 0.05) is 13.2 Å². The Bertz CT molecular complexity index is 257. The third-order valence-electron chi connectivity index (χ3n) is 3.34. The molecule has 1 aliphatic rings. The maximum Gasteiger partial charge on any atom is 0.243 e. The van der Waals surface area contributed by atoms with E-state index in [9.17, 15) is 4.79 Å². The fourth-order valence-corrected chi connectivity index (χ4v) is 2.20. The van der Waals surface area contributed by atoms with Crippen LogP contribution in [0.2, 0.25) is 0 Å². The Morgan fingerprint density at radius 3 is 2.62 bits per heavy atom. The van der Waals surface area contributed by atoms with Crippen molar-refractivity contribution in [2.45, 2.75) is 58.8 Å². The van der Waals surface area contributed by atoms with Crippen LogP contribution in [-0.4, -0.2) is 41.8 Å². The summed E-state index contributed by atoms with van der Waals surface area (Å²) in [5.74, 6) is 0.189. The van der Waals surface area contributed by atoms with E-state index in [2.05, 4.69) is 5.32 Å². The average Bonchev–Trinajstić information content (AvgIpc) is 2.43. The van der Waals surface area contributed by atoms with Crippen LogP contribution in [0.15, 0.2) is 0 Å². The Balaban J connectivity index is 2.64. The lowest BCUT2D eigenvalue weighted by Gasteiger charge is -2.25. The third kappa shape index (κ3) is 2.55. The van der Waals surface area contributed by atoms with E-state index >= 15 is 0 Å². The van der Waals surface area contributed by atoms with Gasteiger partial charge in [-0.3, -0.25) is 10.1 Å². The molecule has 0 aromatic carbocycles. The van der Waals surface area contributed by atoms with Gasteiger partial charge in [0.1, 0.15) is 0 Å². The molecule has 1 saturated heterocycles. The second-order valence-electron chi connectivity index (χ2n) is 4.73. The zero-order valence-corrected chi connectivity index (χ0v) is 11.0. The molecule has 0 spiro atoms. The Morgan fingerprint density at radius 1 is 1.56 bits per heavy atom. The number of hydrogen-bond acceptors (Lipinski definition) is 3. The number of carbonyl (C=O) groups excluding carboxylic acids is 1. The first-order valence-electron chi connectivity index (χ1n) is 6.15. The van der Waals surface area contributed by atoms with Gasteiger partial charge in [-0.05, 0) is 34.1 Å². The summed E-state index contributed by atoms with van der Waals surface area (Å²) in [4.78, 5) is 14.1. The highest BCUT2D eigenvalue weighted by Gasteiger charge is 2.45. The maximum atomic E-state index is 12.2. The first kappa shape index (κ1) is 13.5. The van der Waals surface area contributed by atoms with Crippen LogP contribution in [0.4, 0.5) is 0 Å². The first-order valence-corrected chi connectivity index (χ1v) is 6.15. The second kappa shape index (κ2) is 5.15. The topological polar surface area (TPSA) is 41.6 Å². The van der Waals surface area contributed by atoms with Crippen molar-refractivity contribution in [3.63, 3.8) is 0 Å². The van der Waals surface area contributed by atoms with Gasteiger partial charge in [0.15, 0.2) is 0 Å². The molecule has 0 aliphatic carbocycles. The Labute approximate surface area is 98.3 Å². The Kier molecular flexibility index (Phi) is 4.33. The van der Waals surface area contributed by atoms with Crippen molar-refractivity contribution in [1.29, 1.82) is 0 Å². The van der Waals surface area contributed by atoms with Gasteiger partial charge in [-0.1, -0.05) is 6.92 Å². The molecule has 1 N–H and O–H groups in total. The number of nitrogens with zero attached hydrogens (tertiary/aromatic N) is 1. The minimum Gasteiger partial charge on any atom is -0.377 e. The summed E-state index contributed by atoms with van der Waals surface area (Å²) in [7, 11) is 0. The molecule has 0 bridgehead atoms. The molecule has 3 atom stereocenters. The lowest BCUT2D eigenvalue weighted by molar-refractivity contribution is -0.134. The lowest BCUT2D eigenvalue weighted by Crippen LogP contribution is -2.43. The third-order valence-corrected chi connectivity index (χ3v) is 3.34. The standard InChI is InChI=1S/C12H24N2O2/c1-6-12(5)11(15)14(10(4)13-12)8-9(3)16-7-2/h9-10,13H,6-8H2,1-5H3. The van der Waals surface area contributed by atoms with Crippen LogP contribution in [0.3, 0.4) is 0 Å². The van der Waals surface area contributed by atoms with Gasteiger partial charge in [0.25, 0.3) is 0 Å². The van der Waals surface area contributed by atoms with E-state index in [0.29, 0.717) is 13.2 Å². The van der Waals surface area contributed by atoms with Crippen molar-refractivity contribution >= 4 is 5.91 Å². The highest BCUT2D eigenvalue weighted by molar-refractivity contribution is 5.88. The largest absolute Gasteiger partial charge is 0.377 e. The number of carbonyl (C=O) groups is 1. The van der Waals surface area contributed by atoms with Crippen LogP contribution >= 0.6 is 0 Å². The molecular weight excluding hydrogens is 204 g/mol. The highest BCUT2D eigenvalue weighted by Crippen LogP contribution is 2.23. The van der Waals surface area contributed by atoms with Gasteiger partial charge in [0.2, 0.25) is 5.91 Å². The molecule has 3 unspecified atom stereocenters. The molecule has 1 amide bonds. The van der Waals surface area contributed by atoms with E-state index in [1.807, 2.05) is 39.5 Å². The van der Waals surface area contributed by atoms with Crippen molar-refractivity contribution < 1.29 is 9.53 Å². The molecule has 16 heavy (non-hydrogen) atoms. The molecule has 0 saturated carbocycles. The van der Waals surface area contributed by atoms with E-state index in [4.69, 9.17) is 4.74 Å². The molecule has 1 heterocycles. The normalized spacial score (nSPS) is 32.2. The Morgan fingerprint density at radius 2 is 2.19 bits per heavy atom. The number of rotatable bonds is 5. The fraction of sp³-hybridized carbons (Fsp3) is 0.917. The van der Waals surface area contributed by atoms with Crippen LogP contribution in [0, 0.1) is 0 Å². The summed E-state index contributed by atoms with van der Waals surface area (Å²) in [6, 6.07) is 0. The van der Waals surface area contributed by atoms with Crippen molar-refractivity contribution in [1.82, 2.24) is 10.2 Å². The van der Waals surface area contributed by atoms with Gasteiger partial charge in [-0.2, -0.15) is 0 Å². The molecule has 0 aromatic heterocycles. The molecule has 4 heteroatoms. The van der Waals surface area contributed by atoms with E-state index in [1.54, 1.807) is 0 Å². The predicted molar refractivity (Wildman–Crippen MR) is 64.1 cm³/mol. The van der Waals surface area contributed by atoms with Crippen LogP contribution in [0.5, 0.6) is 0 Å². The minimum atomic E-state index is -0.397. The monoisotopic (exact) mass is 228 g/mol. The lowest BCUT2D eigenvalue weighted by atomic mass is 9.99. The molecular formula is C12H24N2O2. The quantitative estimate of drug-likeness (QED) is 0.772. The fourth-order valence-electron chi connectivity index (χ4n) is 2.20. The molecule has 0 radical (unpaired) electrons. The average molecular weight is 228 g/mol. The molecule has 1 fully saturated rings. The zero-order valence-electron chi connectivity index (χ0n) is 11.0. The SMILES string of the molecule is CCOC(C)CN1C(=O)C(C)(CC)NC1C. The van der Waals surface area contributed by atoms with E-state index < -0.39 is 5.54 Å². The summed E-state index contributed by atoms with van der Waals surface area (Å²) in [6.45, 7) is 11.4. The highest BCUT2D eigenvalue weighted by atomic mass is 16.5. The van der Waals surface area contributed by atoms with Crippen LogP contribution < -0.4 is 5.32 Å². The van der Waals surface area contributed by atoms with Gasteiger partial charge < -0.3 is 9.64 Å². The first-order chi connectivity index (χ1) is 7.44. The number of nitrogens with one attached hydrogen (secondary N) is 1. The Hall–Kier alpha value is -0.610. The summed E-state index contributed by atoms with van der Waals surface area (Å²) in [5, 5.41) is 3.35. The minimum absolute atomic E-state index is 0.0948. The van der Waals surface area contributed by atoms with E-state index in [-0.39, 0.29) is 18.2 Å². The number of hydrogen-bond donors (Lipinski definition) is 1. The summed E-state index contributed by atoms with van der Waals surface area (Å²) < 4.78 is 5.48. The molecule has 0 aromatic rings. The van der Waals surface area contributed by atoms with Crippen LogP contribution in [-0.2, 0) is 9.53 Å². The summed E-state index contributed by atoms with van der Waals surface area (Å²) in [6.07, 6.45) is 1.01. The maximum absolute atomic E-state index is 12.2. The van der Waals surface area contributed by atoms with Crippen LogP contribution in [0.1, 0.15) is 41.0 Å². The molecule has 1 rings (SSSR count). The van der Waals surface area contributed by atoms with Crippen LogP contribution in [0.25, 0.3) is 0 Å². The van der Waals surface area contributed by atoms with Crippen molar-refractivity contribution in [3.8, 4) is 0 Å². The predicted octanol–water partition coefficient (Wildman–Crippen LogP) is 1.36. The molecule has 4 nitrogen and oxygen atoms in total. The van der Waals surface area contributed by atoms with Gasteiger partial charge in [-0.25, -0.2) is 0 Å². The summed E-state index contributed by atoms with van der Waals surface area (Å²) >= 11 is 0. The zero-order chi connectivity index (χ0) is 12.3. The second-order valence-corrected chi connectivity index (χ2v) is 4.73. The van der Waals surface area contributed by atoms with Crippen molar-refractivity contribution in [2.24, 2.45) is 0 Å². The van der Waals surface area contributed by atoms with Crippen molar-refractivity contribution in [2.75, 3.05) is 13.2 Å². The van der Waals surface area contributed by atoms with E-state index in [1.165, 1.54) is 0 Å². The number of amides is 1. The van der Waals surface area contributed by atoms with Gasteiger partial charge in [-0.15, -0.1) is 0 Å². The van der Waals surface area contributed by atoms with Crippen molar-refractivity contribution in [3.05, 3.63) is 0 Å². The summed E-state index contributed by atoms with van der Waals surface area (Å²) in [5.41, 5.74) is -0.397. The van der Waals surface area contributed by atoms with Gasteiger partial charge >= 0.3 is 0 Å². The van der Waals surface area contributed by atoms with Gasteiger partial charge in [0.05, 0.1) is 17.8 Å². The number of ether oxygens (including phenoxy) is 1. The molecule has 1 aliphatic heterocycles. The molecule has 94 valence electrons. The smallest absolute Gasteiger partial charge is 0.243 e. The van der Waals surface area contributed by atoms with E-state index in [0.717, 1.165) is 6.42 Å².